The lowest BCUT2D eigenvalue weighted by Gasteiger charge is -2.07. The number of ether oxygens (including phenoxy) is 1. The smallest absolute Gasteiger partial charge is 0.140 e. The van der Waals surface area contributed by atoms with Crippen molar-refractivity contribution in [3.63, 3.8) is 0 Å². The van der Waals surface area contributed by atoms with Gasteiger partial charge in [0.15, 0.2) is 0 Å². The largest absolute Gasteiger partial charge is 0.486 e. The monoisotopic (exact) mass is 321 g/mol. The summed E-state index contributed by atoms with van der Waals surface area (Å²) in [5.41, 5.74) is 11.8. The van der Waals surface area contributed by atoms with E-state index >= 15 is 0 Å². The second-order valence-electron chi connectivity index (χ2n) is 4.74. The number of aryl methyl sites for hydroxylation is 1. The van der Waals surface area contributed by atoms with Crippen LogP contribution in [-0.4, -0.2) is 9.97 Å². The Bertz CT molecular complexity index is 752. The molecule has 3 aromatic rings. The van der Waals surface area contributed by atoms with Gasteiger partial charge in [-0.25, -0.2) is 4.98 Å². The molecule has 0 saturated carbocycles. The molecule has 0 aliphatic carbocycles. The molecule has 3 N–H and O–H groups in total. The topological polar surface area (TPSA) is 63.9 Å². The molecule has 0 atom stereocenters. The predicted molar refractivity (Wildman–Crippen MR) is 87.0 cm³/mol. The van der Waals surface area contributed by atoms with Gasteiger partial charge in [0.05, 0.1) is 16.2 Å². The molecule has 0 saturated heterocycles. The lowest BCUT2D eigenvalue weighted by atomic mass is 10.1. The molecule has 0 aliphatic heterocycles. The highest BCUT2D eigenvalue weighted by atomic mass is 35.5. The molecule has 0 spiro atoms. The number of nitrogens with two attached hydrogens (primary N) is 1. The number of benzene rings is 1. The van der Waals surface area contributed by atoms with Crippen molar-refractivity contribution in [2.75, 3.05) is 0 Å². The molecule has 3 rings (SSSR count). The average Bonchev–Trinajstić information content (AvgIpc) is 3.11. The zero-order valence-electron chi connectivity index (χ0n) is 11.6. The second kappa shape index (κ2) is 6.05. The number of nitrogens with one attached hydrogen (secondary N) is 1. The molecule has 0 aliphatic rings. The number of hydrogen-bond donors (Lipinski definition) is 2. The number of H-pyrrole nitrogens is 1. The molecule has 2 aromatic heterocycles. The highest BCUT2D eigenvalue weighted by Gasteiger charge is 2.13. The third kappa shape index (κ3) is 2.77. The standard InChI is InChI=1S/C15H16ClN3OS/c1-2-10-11-3-12(16)15(4-13(11)19-14(10)5-17)20-6-9-7-21-8-18-9/h3-4,7-8,19H,2,5-6,17H2,1H3. The van der Waals surface area contributed by atoms with Crippen molar-refractivity contribution in [3.8, 4) is 5.75 Å². The molecule has 0 bridgehead atoms. The number of aromatic amines is 1. The van der Waals surface area contributed by atoms with Gasteiger partial charge in [-0.15, -0.1) is 11.3 Å². The molecule has 1 aromatic carbocycles. The predicted octanol–water partition coefficient (Wildman–Crippen LogP) is 3.88. The van der Waals surface area contributed by atoms with E-state index in [0.717, 1.165) is 28.7 Å². The van der Waals surface area contributed by atoms with E-state index < -0.39 is 0 Å². The molecule has 0 unspecified atom stereocenters. The maximum absolute atomic E-state index is 6.34. The first-order valence-electron chi connectivity index (χ1n) is 6.75. The summed E-state index contributed by atoms with van der Waals surface area (Å²) in [5.74, 6) is 0.657. The SMILES string of the molecule is CCc1c(CN)[nH]c2cc(OCc3cscn3)c(Cl)cc12. The van der Waals surface area contributed by atoms with Crippen LogP contribution in [0.1, 0.15) is 23.9 Å². The van der Waals surface area contributed by atoms with Crippen molar-refractivity contribution < 1.29 is 4.74 Å². The summed E-state index contributed by atoms with van der Waals surface area (Å²) >= 11 is 7.89. The van der Waals surface area contributed by atoms with Crippen molar-refractivity contribution in [3.05, 3.63) is 45.0 Å². The Morgan fingerprint density at radius 1 is 1.43 bits per heavy atom. The summed E-state index contributed by atoms with van der Waals surface area (Å²) < 4.78 is 5.77. The minimum Gasteiger partial charge on any atom is -0.486 e. The van der Waals surface area contributed by atoms with Crippen LogP contribution in [0.15, 0.2) is 23.0 Å². The third-order valence-electron chi connectivity index (χ3n) is 3.46. The fraction of sp³-hybridized carbons (Fsp3) is 0.267. The zero-order chi connectivity index (χ0) is 14.8. The molecule has 0 radical (unpaired) electrons. The molecule has 6 heteroatoms. The van der Waals surface area contributed by atoms with Gasteiger partial charge in [0.25, 0.3) is 0 Å². The second-order valence-corrected chi connectivity index (χ2v) is 5.86. The maximum atomic E-state index is 6.34. The van der Waals surface area contributed by atoms with E-state index in [1.807, 2.05) is 17.5 Å². The summed E-state index contributed by atoms with van der Waals surface area (Å²) in [4.78, 5) is 7.54. The number of nitrogens with zero attached hydrogens (tertiary/aromatic N) is 1. The third-order valence-corrected chi connectivity index (χ3v) is 4.39. The van der Waals surface area contributed by atoms with Gasteiger partial charge in [-0.3, -0.25) is 0 Å². The van der Waals surface area contributed by atoms with Crippen LogP contribution in [0, 0.1) is 0 Å². The molecular formula is C15H16ClN3OS. The fourth-order valence-corrected chi connectivity index (χ4v) is 3.22. The number of fused-ring (bicyclic) bond motifs is 1. The Morgan fingerprint density at radius 3 is 2.95 bits per heavy atom. The Hall–Kier alpha value is -1.56. The van der Waals surface area contributed by atoms with E-state index in [1.165, 1.54) is 5.56 Å². The zero-order valence-corrected chi connectivity index (χ0v) is 13.2. The van der Waals surface area contributed by atoms with Gasteiger partial charge in [-0.2, -0.15) is 0 Å². The van der Waals surface area contributed by atoms with Crippen molar-refractivity contribution in [2.45, 2.75) is 26.5 Å². The van der Waals surface area contributed by atoms with Crippen LogP contribution < -0.4 is 10.5 Å². The summed E-state index contributed by atoms with van der Waals surface area (Å²) in [6.07, 6.45) is 0.919. The van der Waals surface area contributed by atoms with Gasteiger partial charge >= 0.3 is 0 Å². The fourth-order valence-electron chi connectivity index (χ4n) is 2.46. The number of thiazole rings is 1. The quantitative estimate of drug-likeness (QED) is 0.749. The Morgan fingerprint density at radius 2 is 2.29 bits per heavy atom. The van der Waals surface area contributed by atoms with Gasteiger partial charge in [-0.1, -0.05) is 18.5 Å². The highest BCUT2D eigenvalue weighted by molar-refractivity contribution is 7.07. The van der Waals surface area contributed by atoms with Crippen LogP contribution in [-0.2, 0) is 19.6 Å². The van der Waals surface area contributed by atoms with E-state index in [2.05, 4.69) is 16.9 Å². The molecular weight excluding hydrogens is 306 g/mol. The summed E-state index contributed by atoms with van der Waals surface area (Å²) in [6.45, 7) is 3.02. The van der Waals surface area contributed by atoms with E-state index in [-0.39, 0.29) is 0 Å². The molecule has 4 nitrogen and oxygen atoms in total. The van der Waals surface area contributed by atoms with Crippen LogP contribution in [0.4, 0.5) is 0 Å². The van der Waals surface area contributed by atoms with Crippen molar-refractivity contribution in [1.82, 2.24) is 9.97 Å². The van der Waals surface area contributed by atoms with Crippen LogP contribution in [0.5, 0.6) is 5.75 Å². The van der Waals surface area contributed by atoms with Gasteiger partial charge in [0.1, 0.15) is 12.4 Å². The first-order valence-corrected chi connectivity index (χ1v) is 8.08. The number of aromatic nitrogens is 2. The number of halogens is 1. The van der Waals surface area contributed by atoms with Gasteiger partial charge < -0.3 is 15.5 Å². The molecule has 0 fully saturated rings. The van der Waals surface area contributed by atoms with E-state index in [0.29, 0.717) is 23.9 Å². The first-order chi connectivity index (χ1) is 10.2. The van der Waals surface area contributed by atoms with Crippen LogP contribution in [0.2, 0.25) is 5.02 Å². The first kappa shape index (κ1) is 14.4. The van der Waals surface area contributed by atoms with Crippen LogP contribution >= 0.6 is 22.9 Å². The number of rotatable bonds is 5. The van der Waals surface area contributed by atoms with Gasteiger partial charge in [-0.05, 0) is 18.1 Å². The lowest BCUT2D eigenvalue weighted by molar-refractivity contribution is 0.302. The van der Waals surface area contributed by atoms with Crippen LogP contribution in [0.25, 0.3) is 10.9 Å². The van der Waals surface area contributed by atoms with E-state index in [1.54, 1.807) is 16.8 Å². The number of hydrogen-bond acceptors (Lipinski definition) is 4. The van der Waals surface area contributed by atoms with Crippen molar-refractivity contribution in [1.29, 1.82) is 0 Å². The Kier molecular flexibility index (Phi) is 4.14. The van der Waals surface area contributed by atoms with Crippen LogP contribution in [0.3, 0.4) is 0 Å². The lowest BCUT2D eigenvalue weighted by Crippen LogP contribution is -1.99. The normalized spacial score (nSPS) is 11.2. The molecule has 0 amide bonds. The maximum Gasteiger partial charge on any atom is 0.140 e. The molecule has 110 valence electrons. The molecule has 2 heterocycles. The minimum absolute atomic E-state index is 0.416. The van der Waals surface area contributed by atoms with Gasteiger partial charge in [0, 0.05) is 34.6 Å². The Balaban J connectivity index is 1.95. The van der Waals surface area contributed by atoms with E-state index in [4.69, 9.17) is 22.1 Å². The van der Waals surface area contributed by atoms with E-state index in [9.17, 15) is 0 Å². The van der Waals surface area contributed by atoms with Crippen molar-refractivity contribution in [2.24, 2.45) is 5.73 Å². The summed E-state index contributed by atoms with van der Waals surface area (Å²) in [7, 11) is 0. The van der Waals surface area contributed by atoms with Gasteiger partial charge in [0.2, 0.25) is 0 Å². The Labute approximate surface area is 131 Å². The minimum atomic E-state index is 0.416. The average molecular weight is 322 g/mol. The summed E-state index contributed by atoms with van der Waals surface area (Å²) in [5, 5.41) is 3.68. The molecule has 21 heavy (non-hydrogen) atoms. The summed E-state index contributed by atoms with van der Waals surface area (Å²) in [6, 6.07) is 3.88. The van der Waals surface area contributed by atoms with Crippen molar-refractivity contribution >= 4 is 33.8 Å². The highest BCUT2D eigenvalue weighted by Crippen LogP contribution is 2.33.